The summed E-state index contributed by atoms with van der Waals surface area (Å²) in [5.74, 6) is 0.509. The van der Waals surface area contributed by atoms with Crippen LogP contribution in [0.5, 0.6) is 0 Å². The maximum Gasteiger partial charge on any atom is 0.0921 e. The Balaban J connectivity index is 2.19. The van der Waals surface area contributed by atoms with Gasteiger partial charge < -0.3 is 10.7 Å². The molecule has 0 aliphatic heterocycles. The average Bonchev–Trinajstić information content (AvgIpc) is 2.31. The van der Waals surface area contributed by atoms with E-state index in [0.717, 1.165) is 6.42 Å². The Morgan fingerprint density at radius 1 is 1.90 bits per heavy atom. The lowest BCUT2D eigenvalue weighted by molar-refractivity contribution is 0.721. The van der Waals surface area contributed by atoms with Gasteiger partial charge in [0.1, 0.15) is 0 Å². The van der Waals surface area contributed by atoms with E-state index in [4.69, 9.17) is 5.73 Å². The van der Waals surface area contributed by atoms with Gasteiger partial charge in [-0.2, -0.15) is 0 Å². The van der Waals surface area contributed by atoms with Crippen molar-refractivity contribution in [3.05, 3.63) is 18.2 Å². The molecule has 0 radical (unpaired) electrons. The second kappa shape index (κ2) is 1.61. The Kier molecular flexibility index (Phi) is 0.951. The molecule has 2 atom stereocenters. The van der Waals surface area contributed by atoms with E-state index in [2.05, 4.69) is 16.9 Å². The summed E-state index contributed by atoms with van der Waals surface area (Å²) >= 11 is 0. The van der Waals surface area contributed by atoms with Crippen LogP contribution in [0.3, 0.4) is 0 Å². The molecule has 0 unspecified atom stereocenters. The number of hydrogen-bond donors (Lipinski definition) is 2. The molecule has 1 heterocycles. The molecule has 54 valence electrons. The molecule has 1 aliphatic carbocycles. The second-order valence-electron chi connectivity index (χ2n) is 3.27. The fourth-order valence-corrected chi connectivity index (χ4v) is 1.30. The highest BCUT2D eigenvalue weighted by Gasteiger charge is 2.48. The summed E-state index contributed by atoms with van der Waals surface area (Å²) in [6.07, 6.45) is 4.63. The molecule has 3 nitrogen and oxygen atoms in total. The lowest BCUT2D eigenvalue weighted by Crippen LogP contribution is -2.18. The largest absolute Gasteiger partial charge is 0.348 e. The van der Waals surface area contributed by atoms with Crippen LogP contribution in [-0.4, -0.2) is 15.5 Å². The molecule has 2 rings (SSSR count). The van der Waals surface area contributed by atoms with E-state index in [1.165, 1.54) is 5.69 Å². The van der Waals surface area contributed by atoms with Crippen molar-refractivity contribution >= 4 is 0 Å². The van der Waals surface area contributed by atoms with Crippen LogP contribution in [0.1, 0.15) is 25.0 Å². The highest BCUT2D eigenvalue weighted by molar-refractivity contribution is 5.24. The molecule has 10 heavy (non-hydrogen) atoms. The van der Waals surface area contributed by atoms with E-state index in [-0.39, 0.29) is 5.54 Å². The van der Waals surface area contributed by atoms with Gasteiger partial charge in [0.05, 0.1) is 6.33 Å². The number of nitrogens with two attached hydrogens (primary N) is 1. The van der Waals surface area contributed by atoms with E-state index in [9.17, 15) is 0 Å². The zero-order chi connectivity index (χ0) is 7.19. The van der Waals surface area contributed by atoms with Gasteiger partial charge in [0.25, 0.3) is 0 Å². The molecular weight excluding hydrogens is 126 g/mol. The monoisotopic (exact) mass is 137 g/mol. The van der Waals surface area contributed by atoms with Gasteiger partial charge in [-0.05, 0) is 13.3 Å². The molecule has 0 spiro atoms. The van der Waals surface area contributed by atoms with Gasteiger partial charge in [-0.3, -0.25) is 0 Å². The van der Waals surface area contributed by atoms with Gasteiger partial charge in [-0.1, -0.05) is 0 Å². The van der Waals surface area contributed by atoms with Crippen LogP contribution in [0.4, 0.5) is 0 Å². The lowest BCUT2D eigenvalue weighted by Gasteiger charge is -1.98. The van der Waals surface area contributed by atoms with Crippen molar-refractivity contribution in [1.29, 1.82) is 0 Å². The number of imidazole rings is 1. The molecule has 0 amide bonds. The first-order valence-corrected chi connectivity index (χ1v) is 3.47. The summed E-state index contributed by atoms with van der Waals surface area (Å²) in [4.78, 5) is 7.00. The van der Waals surface area contributed by atoms with E-state index < -0.39 is 0 Å². The van der Waals surface area contributed by atoms with Crippen molar-refractivity contribution in [2.24, 2.45) is 5.73 Å². The molecule has 0 aromatic carbocycles. The van der Waals surface area contributed by atoms with Crippen molar-refractivity contribution < 1.29 is 0 Å². The number of aromatic nitrogens is 2. The minimum absolute atomic E-state index is 0.0204. The highest BCUT2D eigenvalue weighted by Crippen LogP contribution is 2.47. The SMILES string of the molecule is C[C@]1(N)C[C@@H]1c1cnc[nH]1. The molecule has 1 aliphatic rings. The number of nitrogens with one attached hydrogen (secondary N) is 1. The molecule has 0 saturated heterocycles. The van der Waals surface area contributed by atoms with Crippen LogP contribution in [0.25, 0.3) is 0 Å². The quantitative estimate of drug-likeness (QED) is 0.596. The number of nitrogens with zero attached hydrogens (tertiary/aromatic N) is 1. The van der Waals surface area contributed by atoms with Crippen molar-refractivity contribution in [3.8, 4) is 0 Å². The van der Waals surface area contributed by atoms with Crippen molar-refractivity contribution in [2.75, 3.05) is 0 Å². The van der Waals surface area contributed by atoms with Crippen LogP contribution in [0.2, 0.25) is 0 Å². The number of aromatic amines is 1. The van der Waals surface area contributed by atoms with E-state index >= 15 is 0 Å². The third-order valence-electron chi connectivity index (χ3n) is 2.17. The average molecular weight is 137 g/mol. The first-order chi connectivity index (χ1) is 4.70. The molecule has 1 fully saturated rings. The van der Waals surface area contributed by atoms with Gasteiger partial charge >= 0.3 is 0 Å². The second-order valence-corrected chi connectivity index (χ2v) is 3.27. The topological polar surface area (TPSA) is 54.7 Å². The van der Waals surface area contributed by atoms with Gasteiger partial charge in [0.2, 0.25) is 0 Å². The summed E-state index contributed by atoms with van der Waals surface area (Å²) in [6, 6.07) is 0. The maximum absolute atomic E-state index is 5.85. The summed E-state index contributed by atoms with van der Waals surface area (Å²) < 4.78 is 0. The van der Waals surface area contributed by atoms with E-state index in [1.54, 1.807) is 6.33 Å². The maximum atomic E-state index is 5.85. The normalized spacial score (nSPS) is 38.0. The van der Waals surface area contributed by atoms with Crippen molar-refractivity contribution in [1.82, 2.24) is 9.97 Å². The smallest absolute Gasteiger partial charge is 0.0921 e. The minimum atomic E-state index is 0.0204. The number of rotatable bonds is 1. The summed E-state index contributed by atoms with van der Waals surface area (Å²) in [5.41, 5.74) is 7.04. The molecule has 3 heteroatoms. The Morgan fingerprint density at radius 2 is 2.60 bits per heavy atom. The number of hydrogen-bond acceptors (Lipinski definition) is 2. The summed E-state index contributed by atoms with van der Waals surface area (Å²) in [6.45, 7) is 2.07. The third-order valence-corrected chi connectivity index (χ3v) is 2.17. The zero-order valence-corrected chi connectivity index (χ0v) is 5.96. The Labute approximate surface area is 59.7 Å². The van der Waals surface area contributed by atoms with Crippen molar-refractivity contribution in [2.45, 2.75) is 24.8 Å². The van der Waals surface area contributed by atoms with Crippen LogP contribution < -0.4 is 5.73 Å². The van der Waals surface area contributed by atoms with Crippen LogP contribution in [-0.2, 0) is 0 Å². The fourth-order valence-electron chi connectivity index (χ4n) is 1.30. The Morgan fingerprint density at radius 3 is 3.00 bits per heavy atom. The Bertz CT molecular complexity index is 225. The lowest BCUT2D eigenvalue weighted by atomic mass is 10.2. The Hall–Kier alpha value is -0.830. The van der Waals surface area contributed by atoms with E-state index in [1.807, 2.05) is 6.20 Å². The minimum Gasteiger partial charge on any atom is -0.348 e. The van der Waals surface area contributed by atoms with E-state index in [0.29, 0.717) is 5.92 Å². The predicted molar refractivity (Wildman–Crippen MR) is 38.5 cm³/mol. The molecule has 1 aromatic rings. The number of H-pyrrole nitrogens is 1. The fraction of sp³-hybridized carbons (Fsp3) is 0.571. The molecule has 1 saturated carbocycles. The van der Waals surface area contributed by atoms with Gasteiger partial charge in [0.15, 0.2) is 0 Å². The summed E-state index contributed by atoms with van der Waals surface area (Å²) in [5, 5.41) is 0. The molecular formula is C7H11N3. The molecule has 0 bridgehead atoms. The third kappa shape index (κ3) is 0.743. The summed E-state index contributed by atoms with van der Waals surface area (Å²) in [7, 11) is 0. The first kappa shape index (κ1) is 5.92. The van der Waals surface area contributed by atoms with Crippen molar-refractivity contribution in [3.63, 3.8) is 0 Å². The van der Waals surface area contributed by atoms with Gasteiger partial charge in [0, 0.05) is 23.3 Å². The first-order valence-electron chi connectivity index (χ1n) is 3.47. The zero-order valence-electron chi connectivity index (χ0n) is 5.96. The van der Waals surface area contributed by atoms with Gasteiger partial charge in [-0.15, -0.1) is 0 Å². The highest BCUT2D eigenvalue weighted by atomic mass is 14.9. The van der Waals surface area contributed by atoms with Crippen LogP contribution in [0, 0.1) is 0 Å². The van der Waals surface area contributed by atoms with Crippen LogP contribution in [0.15, 0.2) is 12.5 Å². The predicted octanol–water partition coefficient (Wildman–Crippen LogP) is 0.614. The molecule has 3 N–H and O–H groups in total. The van der Waals surface area contributed by atoms with Gasteiger partial charge in [-0.25, -0.2) is 4.98 Å². The van der Waals surface area contributed by atoms with Crippen LogP contribution >= 0.6 is 0 Å². The standard InChI is InChI=1S/C7H11N3/c1-7(8)2-5(7)6-3-9-4-10-6/h3-5H,2,8H2,1H3,(H,9,10)/t5-,7+/m1/s1. The molecule has 1 aromatic heterocycles.